The smallest absolute Gasteiger partial charge is 0.326 e. The van der Waals surface area contributed by atoms with E-state index >= 15 is 0 Å². The van der Waals surface area contributed by atoms with E-state index in [9.17, 15) is 39.0 Å². The van der Waals surface area contributed by atoms with Crippen LogP contribution in [-0.2, 0) is 36.8 Å². The first-order valence-electron chi connectivity index (χ1n) is 17.1. The molecule has 3 aromatic carbocycles. The molecule has 13 heteroatoms. The molecule has 1 saturated heterocycles. The van der Waals surface area contributed by atoms with Crippen molar-refractivity contribution in [2.24, 2.45) is 5.41 Å². The number of carbonyl (C=O) groups is 6. The van der Waals surface area contributed by atoms with Gasteiger partial charge in [0.05, 0.1) is 0 Å². The van der Waals surface area contributed by atoms with E-state index in [0.29, 0.717) is 22.5 Å². The van der Waals surface area contributed by atoms with Crippen LogP contribution in [0.5, 0.6) is 0 Å². The minimum atomic E-state index is -1.38. The number of carboxylic acids is 2. The zero-order valence-electron chi connectivity index (χ0n) is 30.1. The second-order valence-corrected chi connectivity index (χ2v) is 14.5. The Labute approximate surface area is 303 Å². The number of hydrogen-bond donors (Lipinski definition) is 6. The van der Waals surface area contributed by atoms with Crippen LogP contribution in [0, 0.1) is 12.3 Å². The first-order valence-corrected chi connectivity index (χ1v) is 17.1. The highest BCUT2D eigenvalue weighted by Crippen LogP contribution is 2.33. The molecule has 0 spiro atoms. The number of amides is 5. The summed E-state index contributed by atoms with van der Waals surface area (Å²) in [6.45, 7) is 9.15. The average molecular weight is 714 g/mol. The second kappa shape index (κ2) is 17.0. The zero-order valence-corrected chi connectivity index (χ0v) is 30.1. The highest BCUT2D eigenvalue weighted by Gasteiger charge is 2.40. The number of nitrogens with one attached hydrogen (secondary N) is 4. The van der Waals surface area contributed by atoms with E-state index < -0.39 is 47.9 Å². The number of aryl methyl sites for hydroxylation is 1. The van der Waals surface area contributed by atoms with Crippen LogP contribution in [0.4, 0.5) is 16.2 Å². The Kier molecular flexibility index (Phi) is 12.8. The van der Waals surface area contributed by atoms with Gasteiger partial charge < -0.3 is 36.4 Å². The van der Waals surface area contributed by atoms with Gasteiger partial charge in [-0.3, -0.25) is 14.4 Å². The Morgan fingerprint density at radius 1 is 0.769 bits per heavy atom. The Morgan fingerprint density at radius 2 is 1.27 bits per heavy atom. The fourth-order valence-electron chi connectivity index (χ4n) is 6.23. The maximum absolute atomic E-state index is 13.6. The van der Waals surface area contributed by atoms with Crippen molar-refractivity contribution < 1.29 is 39.0 Å². The van der Waals surface area contributed by atoms with Crippen molar-refractivity contribution in [1.29, 1.82) is 0 Å². The predicted molar refractivity (Wildman–Crippen MR) is 196 cm³/mol. The number of aliphatic carboxylic acids is 2. The van der Waals surface area contributed by atoms with E-state index in [-0.39, 0.29) is 49.5 Å². The van der Waals surface area contributed by atoms with Gasteiger partial charge >= 0.3 is 18.0 Å². The molecule has 0 radical (unpaired) electrons. The largest absolute Gasteiger partial charge is 0.480 e. The summed E-state index contributed by atoms with van der Waals surface area (Å²) in [6, 6.07) is 17.2. The van der Waals surface area contributed by atoms with Crippen molar-refractivity contribution in [3.05, 3.63) is 95.1 Å². The maximum Gasteiger partial charge on any atom is 0.326 e. The van der Waals surface area contributed by atoms with Gasteiger partial charge in [-0.15, -0.1) is 0 Å². The summed E-state index contributed by atoms with van der Waals surface area (Å²) in [4.78, 5) is 77.2. The van der Waals surface area contributed by atoms with E-state index in [1.165, 1.54) is 11.8 Å². The number of likely N-dealkylation sites (tertiary alicyclic amines) is 1. The molecule has 5 amide bonds. The Morgan fingerprint density at radius 3 is 1.75 bits per heavy atom. The number of carboxylic acid groups (broad SMARTS) is 2. The normalized spacial score (nSPS) is 16.7. The van der Waals surface area contributed by atoms with E-state index in [1.807, 2.05) is 52.0 Å². The number of urea groups is 1. The number of anilines is 2. The molecule has 0 saturated carbocycles. The summed E-state index contributed by atoms with van der Waals surface area (Å²) in [6.07, 6.45) is 0.141. The zero-order chi connectivity index (χ0) is 38.2. The lowest BCUT2D eigenvalue weighted by Gasteiger charge is -2.25. The van der Waals surface area contributed by atoms with E-state index in [4.69, 9.17) is 0 Å². The van der Waals surface area contributed by atoms with Crippen molar-refractivity contribution in [3.63, 3.8) is 0 Å². The van der Waals surface area contributed by atoms with Crippen molar-refractivity contribution >= 4 is 47.1 Å². The lowest BCUT2D eigenvalue weighted by molar-refractivity contribution is -0.143. The Bertz CT molecular complexity index is 1790. The molecule has 0 aliphatic carbocycles. The molecule has 0 aromatic heterocycles. The summed E-state index contributed by atoms with van der Waals surface area (Å²) in [5.74, 6) is -4.11. The van der Waals surface area contributed by atoms with Crippen LogP contribution in [0.15, 0.2) is 72.8 Å². The van der Waals surface area contributed by atoms with Gasteiger partial charge in [0, 0.05) is 50.0 Å². The summed E-state index contributed by atoms with van der Waals surface area (Å²) >= 11 is 0. The predicted octanol–water partition coefficient (Wildman–Crippen LogP) is 4.70. The number of carbonyl (C=O) groups excluding carboxylic acids is 4. The average Bonchev–Trinajstić information content (AvgIpc) is 3.52. The third-order valence-corrected chi connectivity index (χ3v) is 8.86. The second-order valence-electron chi connectivity index (χ2n) is 14.5. The van der Waals surface area contributed by atoms with E-state index in [2.05, 4.69) is 21.3 Å². The fraction of sp³-hybridized carbons (Fsp3) is 0.385. The number of hydrogen-bond acceptors (Lipinski definition) is 6. The van der Waals surface area contributed by atoms with Crippen LogP contribution in [0.25, 0.3) is 0 Å². The third kappa shape index (κ3) is 11.1. The first kappa shape index (κ1) is 39.1. The Balaban J connectivity index is 1.42. The van der Waals surface area contributed by atoms with Crippen molar-refractivity contribution in [1.82, 2.24) is 15.5 Å². The molecule has 6 N–H and O–H groups in total. The van der Waals surface area contributed by atoms with Crippen LogP contribution in [0.2, 0.25) is 0 Å². The Hall–Kier alpha value is -5.72. The van der Waals surface area contributed by atoms with Crippen molar-refractivity contribution in [2.45, 2.75) is 84.3 Å². The first-order chi connectivity index (χ1) is 24.5. The summed E-state index contributed by atoms with van der Waals surface area (Å²) in [5, 5.41) is 30.7. The minimum absolute atomic E-state index is 0.0875. The molecule has 1 heterocycles. The highest BCUT2D eigenvalue weighted by molar-refractivity contribution is 5.99. The molecular formula is C39H47N5O8. The third-order valence-electron chi connectivity index (χ3n) is 8.86. The lowest BCUT2D eigenvalue weighted by Crippen LogP contribution is -2.51. The molecule has 3 aromatic rings. The molecule has 276 valence electrons. The quantitative estimate of drug-likeness (QED) is 0.147. The molecule has 13 nitrogen and oxygen atoms in total. The number of benzene rings is 3. The summed E-state index contributed by atoms with van der Waals surface area (Å²) in [5.41, 5.74) is 3.79. The van der Waals surface area contributed by atoms with Gasteiger partial charge in [0.2, 0.25) is 17.7 Å². The number of rotatable bonds is 13. The van der Waals surface area contributed by atoms with Crippen LogP contribution < -0.4 is 21.3 Å². The van der Waals surface area contributed by atoms with Crippen molar-refractivity contribution in [3.8, 4) is 0 Å². The van der Waals surface area contributed by atoms with Gasteiger partial charge in [0.25, 0.3) is 0 Å². The molecule has 1 aliphatic heterocycles. The van der Waals surface area contributed by atoms with E-state index in [1.54, 1.807) is 48.5 Å². The van der Waals surface area contributed by atoms with Crippen LogP contribution in [-0.4, -0.2) is 75.5 Å². The van der Waals surface area contributed by atoms with E-state index in [0.717, 1.165) is 11.1 Å². The monoisotopic (exact) mass is 713 g/mol. The van der Waals surface area contributed by atoms with Gasteiger partial charge in [-0.25, -0.2) is 14.4 Å². The molecule has 4 rings (SSSR count). The molecular weight excluding hydrogens is 666 g/mol. The fourth-order valence-corrected chi connectivity index (χ4v) is 6.23. The maximum atomic E-state index is 13.6. The molecule has 52 heavy (non-hydrogen) atoms. The SMILES string of the molecule is CC(=O)N1CC(c2ccc(NC(=O)Nc3ccc(C)cc3)cc2)CC1C(=O)NC(Cc1ccccc1CC(NC(=O)CC(C)(C)C)C(=O)O)C(=O)O. The molecule has 1 fully saturated rings. The van der Waals surface area contributed by atoms with Gasteiger partial charge in [-0.1, -0.05) is 74.9 Å². The van der Waals surface area contributed by atoms with Gasteiger partial charge in [-0.05, 0) is 59.7 Å². The van der Waals surface area contributed by atoms with Crippen molar-refractivity contribution in [2.75, 3.05) is 17.2 Å². The van der Waals surface area contributed by atoms with Gasteiger partial charge in [-0.2, -0.15) is 0 Å². The van der Waals surface area contributed by atoms with Gasteiger partial charge in [0.1, 0.15) is 18.1 Å². The molecule has 0 bridgehead atoms. The van der Waals surface area contributed by atoms with Crippen LogP contribution in [0.3, 0.4) is 0 Å². The minimum Gasteiger partial charge on any atom is -0.480 e. The standard InChI is InChI=1S/C39H47N5O8/c1-23-10-14-29(15-11-23)40-38(52)41-30-16-12-25(13-17-30)28-20-33(44(22-28)24(2)45)35(47)43-32(37(50)51)19-27-9-7-6-8-26(27)18-31(36(48)49)42-34(46)21-39(3,4)5/h6-17,28,31-33H,18-22H2,1-5H3,(H,42,46)(H,43,47)(H,48,49)(H,50,51)(H2,40,41,52). The summed E-state index contributed by atoms with van der Waals surface area (Å²) in [7, 11) is 0. The lowest BCUT2D eigenvalue weighted by atomic mass is 9.91. The molecule has 4 unspecified atom stereocenters. The highest BCUT2D eigenvalue weighted by atomic mass is 16.4. The van der Waals surface area contributed by atoms with Crippen LogP contribution in [0.1, 0.15) is 68.7 Å². The summed E-state index contributed by atoms with van der Waals surface area (Å²) < 4.78 is 0. The molecule has 1 aliphatic rings. The topological polar surface area (TPSA) is 194 Å². The number of nitrogens with zero attached hydrogens (tertiary/aromatic N) is 1. The molecule has 4 atom stereocenters. The van der Waals surface area contributed by atoms with Gasteiger partial charge in [0.15, 0.2) is 0 Å². The van der Waals surface area contributed by atoms with Crippen LogP contribution >= 0.6 is 0 Å².